The van der Waals surface area contributed by atoms with Gasteiger partial charge in [0.25, 0.3) is 0 Å². The smallest absolute Gasteiger partial charge is 0.438 e. The van der Waals surface area contributed by atoms with E-state index in [1.54, 1.807) is 6.20 Å². The number of methoxy groups -OCH3 is 1. The lowest BCUT2D eigenvalue weighted by Crippen LogP contribution is -2.33. The number of nitrogens with zero attached hydrogens (tertiary/aromatic N) is 4. The monoisotopic (exact) mass is 411 g/mol. The third-order valence-electron chi connectivity index (χ3n) is 4.27. The first-order chi connectivity index (χ1) is 13.5. The molecule has 1 saturated heterocycles. The zero-order valence-electron chi connectivity index (χ0n) is 15.0. The summed E-state index contributed by atoms with van der Waals surface area (Å²) in [5.74, 6) is 0.734. The number of rotatable bonds is 6. The minimum absolute atomic E-state index is 0.00916. The van der Waals surface area contributed by atoms with Crippen LogP contribution in [0, 0.1) is 5.92 Å². The Morgan fingerprint density at radius 2 is 2.39 bits per heavy atom. The Labute approximate surface area is 164 Å². The van der Waals surface area contributed by atoms with E-state index in [0.29, 0.717) is 25.2 Å². The quantitative estimate of drug-likeness (QED) is 0.438. The molecule has 0 amide bonds. The maximum absolute atomic E-state index is 12.2. The second-order valence-corrected chi connectivity index (χ2v) is 6.94. The van der Waals surface area contributed by atoms with Gasteiger partial charge in [0, 0.05) is 47.2 Å². The van der Waals surface area contributed by atoms with E-state index in [-0.39, 0.29) is 12.5 Å². The third kappa shape index (κ3) is 4.53. The second kappa shape index (κ2) is 8.91. The zero-order chi connectivity index (χ0) is 20.1. The minimum atomic E-state index is -2.79. The molecule has 3 heterocycles. The number of amidine groups is 1. The number of hydrogen-bond donors (Lipinski definition) is 1. The Kier molecular flexibility index (Phi) is 6.34. The van der Waals surface area contributed by atoms with Gasteiger partial charge in [-0.25, -0.2) is 14.8 Å². The van der Waals surface area contributed by atoms with Gasteiger partial charge in [-0.3, -0.25) is 4.99 Å². The molecule has 0 aliphatic carbocycles. The summed E-state index contributed by atoms with van der Waals surface area (Å²) in [4.78, 5) is 25.2. The molecule has 0 aromatic carbocycles. The molecule has 2 aliphatic rings. The summed E-state index contributed by atoms with van der Waals surface area (Å²) in [5, 5.41) is 2.63. The highest BCUT2D eigenvalue weighted by atomic mass is 32.1. The molecule has 1 unspecified atom stereocenters. The average molecular weight is 411 g/mol. The summed E-state index contributed by atoms with van der Waals surface area (Å²) >= 11 is 1.47. The Bertz CT molecular complexity index is 836. The number of allylic oxidation sites excluding steroid dienone is 2. The SMILES string of the molecule is COC(=O)OCC1CC2=C(C(N)=CC=NC(F)F)CN=C(c3nccs3)N2C1. The first kappa shape index (κ1) is 19.9. The van der Waals surface area contributed by atoms with E-state index in [2.05, 4.69) is 19.7 Å². The largest absolute Gasteiger partial charge is 0.507 e. The number of carbonyl (C=O) groups excluding carboxylic acids is 1. The van der Waals surface area contributed by atoms with Crippen LogP contribution in [-0.4, -0.2) is 61.4 Å². The zero-order valence-corrected chi connectivity index (χ0v) is 15.9. The Morgan fingerprint density at radius 1 is 1.57 bits per heavy atom. The van der Waals surface area contributed by atoms with Gasteiger partial charge < -0.3 is 20.1 Å². The van der Waals surface area contributed by atoms with E-state index in [9.17, 15) is 13.6 Å². The van der Waals surface area contributed by atoms with E-state index >= 15 is 0 Å². The predicted molar refractivity (Wildman–Crippen MR) is 100 cm³/mol. The first-order valence-electron chi connectivity index (χ1n) is 8.41. The normalized spacial score (nSPS) is 20.0. The minimum Gasteiger partial charge on any atom is -0.438 e. The van der Waals surface area contributed by atoms with E-state index in [1.165, 1.54) is 24.5 Å². The standard InChI is InChI=1S/C17H19F2N5O3S/c1-26-17(25)27-9-10-6-13-11(12(20)2-3-22-16(18)19)7-23-14(24(13)8-10)15-21-4-5-28-15/h2-5,10,16H,6-9,20H2,1H3. The van der Waals surface area contributed by atoms with Crippen molar-refractivity contribution >= 4 is 29.5 Å². The maximum Gasteiger partial charge on any atom is 0.507 e. The van der Waals surface area contributed by atoms with Crippen LogP contribution < -0.4 is 5.73 Å². The molecule has 1 atom stereocenters. The molecule has 2 N–H and O–H groups in total. The number of halogens is 2. The first-order valence-corrected chi connectivity index (χ1v) is 9.29. The lowest BCUT2D eigenvalue weighted by Gasteiger charge is -2.27. The van der Waals surface area contributed by atoms with Crippen molar-refractivity contribution in [3.63, 3.8) is 0 Å². The molecule has 1 fully saturated rings. The van der Waals surface area contributed by atoms with Crippen molar-refractivity contribution in [1.82, 2.24) is 9.88 Å². The molecule has 0 spiro atoms. The van der Waals surface area contributed by atoms with Crippen molar-refractivity contribution in [2.75, 3.05) is 26.8 Å². The summed E-state index contributed by atoms with van der Waals surface area (Å²) in [7, 11) is 1.25. The summed E-state index contributed by atoms with van der Waals surface area (Å²) in [5.41, 5.74) is 8.07. The number of ether oxygens (including phenoxy) is 2. The topological polar surface area (TPSA) is 102 Å². The fourth-order valence-electron chi connectivity index (χ4n) is 3.07. The molecule has 28 heavy (non-hydrogen) atoms. The number of nitrogens with two attached hydrogens (primary N) is 1. The molecule has 1 aromatic heterocycles. The molecule has 2 aliphatic heterocycles. The molecule has 8 nitrogen and oxygen atoms in total. The van der Waals surface area contributed by atoms with Crippen molar-refractivity contribution < 1.29 is 23.0 Å². The van der Waals surface area contributed by atoms with Crippen LogP contribution in [0.4, 0.5) is 13.6 Å². The van der Waals surface area contributed by atoms with Gasteiger partial charge in [-0.1, -0.05) is 0 Å². The maximum atomic E-state index is 12.2. The van der Waals surface area contributed by atoms with E-state index in [0.717, 1.165) is 28.3 Å². The highest BCUT2D eigenvalue weighted by Crippen LogP contribution is 2.35. The van der Waals surface area contributed by atoms with Gasteiger partial charge in [0.1, 0.15) is 0 Å². The van der Waals surface area contributed by atoms with E-state index in [4.69, 9.17) is 10.5 Å². The molecular weight excluding hydrogens is 392 g/mol. The summed E-state index contributed by atoms with van der Waals surface area (Å²) in [6.45, 7) is -1.74. The molecule has 0 saturated carbocycles. The summed E-state index contributed by atoms with van der Waals surface area (Å²) < 4.78 is 34.0. The molecule has 1 aromatic rings. The lowest BCUT2D eigenvalue weighted by atomic mass is 10.0. The van der Waals surface area contributed by atoms with Crippen molar-refractivity contribution in [2.45, 2.75) is 13.0 Å². The molecule has 11 heteroatoms. The van der Waals surface area contributed by atoms with Crippen LogP contribution in [0.15, 0.2) is 44.6 Å². The van der Waals surface area contributed by atoms with Crippen LogP contribution in [0.5, 0.6) is 0 Å². The number of aromatic nitrogens is 1. The molecule has 3 rings (SSSR count). The van der Waals surface area contributed by atoms with Crippen molar-refractivity contribution in [3.05, 3.63) is 39.6 Å². The number of carbonyl (C=O) groups is 1. The molecular formula is C17H19F2N5O3S. The lowest BCUT2D eigenvalue weighted by molar-refractivity contribution is 0.0615. The second-order valence-electron chi connectivity index (χ2n) is 6.05. The van der Waals surface area contributed by atoms with Gasteiger partial charge in [-0.15, -0.1) is 11.3 Å². The van der Waals surface area contributed by atoms with Crippen LogP contribution >= 0.6 is 11.3 Å². The van der Waals surface area contributed by atoms with Gasteiger partial charge in [0.15, 0.2) is 10.8 Å². The highest BCUT2D eigenvalue weighted by molar-refractivity contribution is 7.11. The van der Waals surface area contributed by atoms with Crippen LogP contribution in [0.1, 0.15) is 11.4 Å². The summed E-state index contributed by atoms with van der Waals surface area (Å²) in [6, 6.07) is 0. The Balaban J connectivity index is 1.85. The van der Waals surface area contributed by atoms with Crippen LogP contribution in [0.2, 0.25) is 0 Å². The van der Waals surface area contributed by atoms with Crippen molar-refractivity contribution in [2.24, 2.45) is 21.6 Å². The number of aliphatic imine (C=N–C) groups is 2. The van der Waals surface area contributed by atoms with E-state index < -0.39 is 12.7 Å². The fourth-order valence-corrected chi connectivity index (χ4v) is 3.72. The highest BCUT2D eigenvalue weighted by Gasteiger charge is 2.36. The van der Waals surface area contributed by atoms with E-state index in [1.807, 2.05) is 10.3 Å². The van der Waals surface area contributed by atoms with Crippen LogP contribution in [-0.2, 0) is 9.47 Å². The number of alkyl halides is 2. The number of fused-ring (bicyclic) bond motifs is 1. The number of hydrogen-bond acceptors (Lipinski definition) is 9. The van der Waals surface area contributed by atoms with Gasteiger partial charge >= 0.3 is 12.7 Å². The van der Waals surface area contributed by atoms with Gasteiger partial charge in [-0.2, -0.15) is 8.78 Å². The van der Waals surface area contributed by atoms with Crippen LogP contribution in [0.3, 0.4) is 0 Å². The van der Waals surface area contributed by atoms with Crippen LogP contribution in [0.25, 0.3) is 0 Å². The predicted octanol–water partition coefficient (Wildman–Crippen LogP) is 2.40. The molecule has 150 valence electrons. The van der Waals surface area contributed by atoms with Crippen molar-refractivity contribution in [3.8, 4) is 0 Å². The Hall–Kier alpha value is -2.82. The third-order valence-corrected chi connectivity index (χ3v) is 5.04. The van der Waals surface area contributed by atoms with Gasteiger partial charge in [0.05, 0.1) is 20.3 Å². The Morgan fingerprint density at radius 3 is 3.07 bits per heavy atom. The molecule has 0 radical (unpaired) electrons. The number of thiazole rings is 1. The van der Waals surface area contributed by atoms with Crippen molar-refractivity contribution in [1.29, 1.82) is 0 Å². The molecule has 0 bridgehead atoms. The average Bonchev–Trinajstić information content (AvgIpc) is 3.34. The fraction of sp³-hybridized carbons (Fsp3) is 0.412. The van der Waals surface area contributed by atoms with Gasteiger partial charge in [-0.05, 0) is 12.5 Å². The van der Waals surface area contributed by atoms with Gasteiger partial charge in [0.2, 0.25) is 0 Å². The summed E-state index contributed by atoms with van der Waals surface area (Å²) in [6.07, 6.45) is 3.89.